The molecule has 27 heavy (non-hydrogen) atoms. The molecular weight excluding hydrogens is 358 g/mol. The maximum absolute atomic E-state index is 12.3. The summed E-state index contributed by atoms with van der Waals surface area (Å²) >= 11 is 0. The predicted octanol–water partition coefficient (Wildman–Crippen LogP) is -1.41. The lowest BCUT2D eigenvalue weighted by Gasteiger charge is -2.17. The number of aliphatic hydroxyl groups excluding tert-OH is 2. The summed E-state index contributed by atoms with van der Waals surface area (Å²) in [5.74, 6) is -0.0528. The van der Waals surface area contributed by atoms with Gasteiger partial charge in [-0.25, -0.2) is 4.79 Å². The molecule has 4 atom stereocenters. The minimum absolute atomic E-state index is 0.107. The first-order valence-corrected chi connectivity index (χ1v) is 8.16. The van der Waals surface area contributed by atoms with Gasteiger partial charge in [-0.1, -0.05) is 12.1 Å². The average molecular weight is 377 g/mol. The summed E-state index contributed by atoms with van der Waals surface area (Å²) in [6, 6.07) is 7.72. The number of benzene rings is 1. The van der Waals surface area contributed by atoms with Gasteiger partial charge in [-0.15, -0.1) is 0 Å². The monoisotopic (exact) mass is 377 g/mol. The van der Waals surface area contributed by atoms with Gasteiger partial charge in [-0.05, 0) is 12.1 Å². The van der Waals surface area contributed by atoms with Crippen LogP contribution in [0.15, 0.2) is 46.1 Å². The van der Waals surface area contributed by atoms with E-state index in [1.165, 1.54) is 7.11 Å². The van der Waals surface area contributed by atoms with Crippen LogP contribution in [0.3, 0.4) is 0 Å². The zero-order chi connectivity index (χ0) is 19.6. The van der Waals surface area contributed by atoms with Gasteiger partial charge < -0.3 is 25.0 Å². The van der Waals surface area contributed by atoms with Crippen molar-refractivity contribution in [2.45, 2.75) is 24.5 Å². The van der Waals surface area contributed by atoms with Gasteiger partial charge in [0.2, 0.25) is 0 Å². The molecule has 2 heterocycles. The summed E-state index contributed by atoms with van der Waals surface area (Å²) in [7, 11) is 1.44. The van der Waals surface area contributed by atoms with Crippen molar-refractivity contribution in [1.82, 2.24) is 14.9 Å². The van der Waals surface area contributed by atoms with Crippen LogP contribution in [0, 0.1) is 0 Å². The Morgan fingerprint density at radius 3 is 2.70 bits per heavy atom. The predicted molar refractivity (Wildman–Crippen MR) is 92.6 cm³/mol. The van der Waals surface area contributed by atoms with Gasteiger partial charge in [0.15, 0.2) is 6.23 Å². The lowest BCUT2D eigenvalue weighted by Crippen LogP contribution is -2.40. The Bertz CT molecular complexity index is 938. The van der Waals surface area contributed by atoms with Crippen molar-refractivity contribution in [1.29, 1.82) is 0 Å². The van der Waals surface area contributed by atoms with Crippen LogP contribution in [-0.4, -0.2) is 57.6 Å². The molecule has 2 aromatic rings. The number of nitrogens with zero attached hydrogens (tertiary/aromatic N) is 1. The Labute approximate surface area is 153 Å². The molecule has 3 rings (SSSR count). The molecule has 10 heteroatoms. The molecule has 4 N–H and O–H groups in total. The van der Waals surface area contributed by atoms with E-state index in [2.05, 4.69) is 5.32 Å². The van der Waals surface area contributed by atoms with Crippen molar-refractivity contribution < 1.29 is 24.5 Å². The second kappa shape index (κ2) is 7.74. The van der Waals surface area contributed by atoms with Gasteiger partial charge in [0.1, 0.15) is 24.1 Å². The molecule has 1 aliphatic heterocycles. The van der Waals surface area contributed by atoms with Crippen LogP contribution < -0.4 is 21.3 Å². The zero-order valence-corrected chi connectivity index (χ0v) is 14.4. The largest absolute Gasteiger partial charge is 0.496 e. The number of carbonyl (C=O) groups excluding carboxylic acids is 1. The number of aromatic nitrogens is 2. The second-order valence-electron chi connectivity index (χ2n) is 5.97. The first kappa shape index (κ1) is 18.8. The number of ether oxygens (including phenoxy) is 2. The van der Waals surface area contributed by atoms with Crippen LogP contribution in [0.1, 0.15) is 16.6 Å². The number of H-pyrrole nitrogens is 1. The van der Waals surface area contributed by atoms with Crippen LogP contribution in [0.2, 0.25) is 0 Å². The molecule has 0 aliphatic carbocycles. The average Bonchev–Trinajstić information content (AvgIpc) is 2.94. The molecule has 0 unspecified atom stereocenters. The summed E-state index contributed by atoms with van der Waals surface area (Å²) < 4.78 is 11.6. The standard InChI is InChI=1S/C17H19N3O7/c1-26-10-5-3-2-4-9(10)15(24)18-8-11-13(22)14(23)16(27-11)20-7-6-12(21)19-17(20)25/h2-7,11,13-14,16,22-23H,8H2,1H3,(H,18,24)(H,19,21,25)/t11-,13-,14+,16-/m1/s1. The minimum Gasteiger partial charge on any atom is -0.496 e. The van der Waals surface area contributed by atoms with Crippen LogP contribution in [0.5, 0.6) is 5.75 Å². The van der Waals surface area contributed by atoms with Crippen molar-refractivity contribution in [3.05, 3.63) is 62.9 Å². The molecule has 1 saturated heterocycles. The van der Waals surface area contributed by atoms with Gasteiger partial charge in [-0.2, -0.15) is 0 Å². The third kappa shape index (κ3) is 3.77. The first-order chi connectivity index (χ1) is 12.9. The highest BCUT2D eigenvalue weighted by molar-refractivity contribution is 5.96. The third-order valence-corrected chi connectivity index (χ3v) is 4.28. The van der Waals surface area contributed by atoms with E-state index in [4.69, 9.17) is 9.47 Å². The summed E-state index contributed by atoms with van der Waals surface area (Å²) in [6.45, 7) is -0.107. The number of nitrogens with one attached hydrogen (secondary N) is 2. The van der Waals surface area contributed by atoms with E-state index in [-0.39, 0.29) is 6.54 Å². The molecule has 0 radical (unpaired) electrons. The van der Waals surface area contributed by atoms with E-state index in [0.717, 1.165) is 16.8 Å². The van der Waals surface area contributed by atoms with Crippen molar-refractivity contribution in [3.8, 4) is 5.75 Å². The summed E-state index contributed by atoms with van der Waals surface area (Å²) in [4.78, 5) is 37.4. The number of aromatic amines is 1. The number of carbonyl (C=O) groups is 1. The van der Waals surface area contributed by atoms with Crippen molar-refractivity contribution in [3.63, 3.8) is 0 Å². The van der Waals surface area contributed by atoms with Crippen molar-refractivity contribution >= 4 is 5.91 Å². The molecule has 0 spiro atoms. The fraction of sp³-hybridized carbons (Fsp3) is 0.353. The highest BCUT2D eigenvalue weighted by Gasteiger charge is 2.44. The SMILES string of the molecule is COc1ccccc1C(=O)NC[C@H]1O[C@@H](n2ccc(=O)[nH]c2=O)[C@@H](O)[C@@H]1O. The molecular formula is C17H19N3O7. The Kier molecular flexibility index (Phi) is 5.40. The first-order valence-electron chi connectivity index (χ1n) is 8.16. The lowest BCUT2D eigenvalue weighted by molar-refractivity contribution is -0.0387. The molecule has 144 valence electrons. The quantitative estimate of drug-likeness (QED) is 0.501. The van der Waals surface area contributed by atoms with Gasteiger partial charge in [0.05, 0.1) is 12.7 Å². The zero-order valence-electron chi connectivity index (χ0n) is 14.4. The summed E-state index contributed by atoms with van der Waals surface area (Å²) in [5.41, 5.74) is -1.07. The Balaban J connectivity index is 1.70. The van der Waals surface area contributed by atoms with Gasteiger partial charge in [0, 0.05) is 18.8 Å². The van der Waals surface area contributed by atoms with Crippen LogP contribution in [0.4, 0.5) is 0 Å². The molecule has 1 aromatic heterocycles. The number of amides is 1. The maximum atomic E-state index is 12.3. The molecule has 0 saturated carbocycles. The van der Waals surface area contributed by atoms with E-state index in [0.29, 0.717) is 11.3 Å². The Hall–Kier alpha value is -2.95. The fourth-order valence-corrected chi connectivity index (χ4v) is 2.88. The van der Waals surface area contributed by atoms with E-state index in [9.17, 15) is 24.6 Å². The van der Waals surface area contributed by atoms with Crippen LogP contribution >= 0.6 is 0 Å². The highest BCUT2D eigenvalue weighted by atomic mass is 16.6. The molecule has 1 fully saturated rings. The number of para-hydroxylation sites is 1. The molecule has 10 nitrogen and oxygen atoms in total. The number of aliphatic hydroxyl groups is 2. The van der Waals surface area contributed by atoms with E-state index in [1.54, 1.807) is 24.3 Å². The van der Waals surface area contributed by atoms with Gasteiger partial charge in [-0.3, -0.25) is 19.1 Å². The molecule has 1 aliphatic rings. The smallest absolute Gasteiger partial charge is 0.330 e. The molecule has 1 aromatic carbocycles. The lowest BCUT2D eigenvalue weighted by atomic mass is 10.1. The normalized spacial score (nSPS) is 24.6. The van der Waals surface area contributed by atoms with Gasteiger partial charge in [0.25, 0.3) is 11.5 Å². The molecule has 0 bridgehead atoms. The van der Waals surface area contributed by atoms with E-state index < -0.39 is 41.7 Å². The number of hydrogen-bond donors (Lipinski definition) is 4. The summed E-state index contributed by atoms with van der Waals surface area (Å²) in [5, 5.41) is 23.0. The summed E-state index contributed by atoms with van der Waals surface area (Å²) in [6.07, 6.45) is -3.74. The number of hydrogen-bond acceptors (Lipinski definition) is 7. The van der Waals surface area contributed by atoms with Gasteiger partial charge >= 0.3 is 5.69 Å². The third-order valence-electron chi connectivity index (χ3n) is 4.28. The molecule has 1 amide bonds. The van der Waals surface area contributed by atoms with Crippen LogP contribution in [0.25, 0.3) is 0 Å². The topological polar surface area (TPSA) is 143 Å². The Morgan fingerprint density at radius 1 is 1.26 bits per heavy atom. The fourth-order valence-electron chi connectivity index (χ4n) is 2.88. The Morgan fingerprint density at radius 2 is 2.00 bits per heavy atom. The van der Waals surface area contributed by atoms with Crippen molar-refractivity contribution in [2.24, 2.45) is 0 Å². The van der Waals surface area contributed by atoms with Crippen molar-refractivity contribution in [2.75, 3.05) is 13.7 Å². The second-order valence-corrected chi connectivity index (χ2v) is 5.97. The van der Waals surface area contributed by atoms with E-state index >= 15 is 0 Å². The van der Waals surface area contributed by atoms with E-state index in [1.807, 2.05) is 4.98 Å². The number of methoxy groups -OCH3 is 1. The van der Waals surface area contributed by atoms with Crippen LogP contribution in [-0.2, 0) is 4.74 Å². The number of rotatable bonds is 5. The highest BCUT2D eigenvalue weighted by Crippen LogP contribution is 2.28. The maximum Gasteiger partial charge on any atom is 0.330 e. The minimum atomic E-state index is -1.42.